The standard InChI is InChI=1S/C15H13ClN2O3/c16-11-3-1-10(2-4-11)12-5-6-13(21-12)15(20)18-8-7-17-14(19)9-18/h1-6H,7-9H2,(H,17,19). The van der Waals surface area contributed by atoms with Crippen LogP contribution in [-0.2, 0) is 4.79 Å². The molecule has 0 saturated carbocycles. The molecule has 0 radical (unpaired) electrons. The first kappa shape index (κ1) is 13.7. The maximum absolute atomic E-state index is 12.3. The molecule has 1 aromatic carbocycles. The number of nitrogens with zero attached hydrogens (tertiary/aromatic N) is 1. The van der Waals surface area contributed by atoms with E-state index in [1.165, 1.54) is 4.90 Å². The van der Waals surface area contributed by atoms with E-state index >= 15 is 0 Å². The Balaban J connectivity index is 1.79. The number of nitrogens with one attached hydrogen (secondary N) is 1. The van der Waals surface area contributed by atoms with E-state index < -0.39 is 0 Å². The topological polar surface area (TPSA) is 62.6 Å². The fourth-order valence-electron chi connectivity index (χ4n) is 2.19. The lowest BCUT2D eigenvalue weighted by Gasteiger charge is -2.25. The summed E-state index contributed by atoms with van der Waals surface area (Å²) in [6.45, 7) is 1.02. The number of hydrogen-bond donors (Lipinski definition) is 1. The molecule has 0 aliphatic carbocycles. The van der Waals surface area contributed by atoms with Gasteiger partial charge in [-0.25, -0.2) is 0 Å². The molecule has 1 saturated heterocycles. The number of piperazine rings is 1. The van der Waals surface area contributed by atoms with Gasteiger partial charge in [-0.1, -0.05) is 11.6 Å². The molecule has 5 nitrogen and oxygen atoms in total. The van der Waals surface area contributed by atoms with Crippen LogP contribution in [0.5, 0.6) is 0 Å². The summed E-state index contributed by atoms with van der Waals surface area (Å²) < 4.78 is 5.59. The number of amides is 2. The Labute approximate surface area is 126 Å². The monoisotopic (exact) mass is 304 g/mol. The summed E-state index contributed by atoms with van der Waals surface area (Å²) in [6.07, 6.45) is 0. The molecule has 6 heteroatoms. The van der Waals surface area contributed by atoms with Gasteiger partial charge in [0.25, 0.3) is 5.91 Å². The number of benzene rings is 1. The SMILES string of the molecule is O=C1CN(C(=O)c2ccc(-c3ccc(Cl)cc3)o2)CCN1. The molecule has 2 aromatic rings. The van der Waals surface area contributed by atoms with Crippen molar-refractivity contribution in [1.29, 1.82) is 0 Å². The highest BCUT2D eigenvalue weighted by Crippen LogP contribution is 2.24. The van der Waals surface area contributed by atoms with Crippen LogP contribution in [0.25, 0.3) is 11.3 Å². The molecule has 21 heavy (non-hydrogen) atoms. The normalized spacial score (nSPS) is 14.9. The summed E-state index contributed by atoms with van der Waals surface area (Å²) in [5.74, 6) is 0.398. The van der Waals surface area contributed by atoms with Gasteiger partial charge < -0.3 is 14.6 Å². The Kier molecular flexibility index (Phi) is 3.66. The molecule has 0 unspecified atom stereocenters. The molecule has 3 rings (SSSR count). The first-order valence-corrected chi connectivity index (χ1v) is 6.93. The molecule has 2 amide bonds. The van der Waals surface area contributed by atoms with Crippen molar-refractivity contribution in [3.8, 4) is 11.3 Å². The second-order valence-electron chi connectivity index (χ2n) is 4.75. The molecule has 0 atom stereocenters. The maximum Gasteiger partial charge on any atom is 0.290 e. The highest BCUT2D eigenvalue weighted by Gasteiger charge is 2.24. The van der Waals surface area contributed by atoms with Gasteiger partial charge in [0.15, 0.2) is 5.76 Å². The highest BCUT2D eigenvalue weighted by atomic mass is 35.5. The predicted molar refractivity (Wildman–Crippen MR) is 78.1 cm³/mol. The van der Waals surface area contributed by atoms with Crippen molar-refractivity contribution in [3.05, 3.63) is 47.2 Å². The number of furan rings is 1. The van der Waals surface area contributed by atoms with E-state index in [1.54, 1.807) is 24.3 Å². The summed E-state index contributed by atoms with van der Waals surface area (Å²) in [6, 6.07) is 10.5. The van der Waals surface area contributed by atoms with Crippen molar-refractivity contribution in [2.45, 2.75) is 0 Å². The van der Waals surface area contributed by atoms with Crippen LogP contribution >= 0.6 is 11.6 Å². The molecule has 1 N–H and O–H groups in total. The largest absolute Gasteiger partial charge is 0.451 e. The van der Waals surface area contributed by atoms with Gasteiger partial charge in [0.05, 0.1) is 0 Å². The second-order valence-corrected chi connectivity index (χ2v) is 5.18. The molecular weight excluding hydrogens is 292 g/mol. The van der Waals surface area contributed by atoms with Gasteiger partial charge in [0, 0.05) is 23.7 Å². The molecule has 1 aliphatic rings. The van der Waals surface area contributed by atoms with Gasteiger partial charge in [0.2, 0.25) is 5.91 Å². The first-order chi connectivity index (χ1) is 10.1. The fourth-order valence-corrected chi connectivity index (χ4v) is 2.32. The number of carbonyl (C=O) groups is 2. The third kappa shape index (κ3) is 2.92. The average molecular weight is 305 g/mol. The minimum atomic E-state index is -0.273. The van der Waals surface area contributed by atoms with Crippen molar-refractivity contribution in [2.75, 3.05) is 19.6 Å². The summed E-state index contributed by atoms with van der Waals surface area (Å²) in [4.78, 5) is 25.1. The van der Waals surface area contributed by atoms with E-state index in [-0.39, 0.29) is 24.1 Å². The second kappa shape index (κ2) is 5.61. The van der Waals surface area contributed by atoms with Crippen LogP contribution in [0.1, 0.15) is 10.6 Å². The number of hydrogen-bond acceptors (Lipinski definition) is 3. The lowest BCUT2D eigenvalue weighted by molar-refractivity contribution is -0.123. The van der Waals surface area contributed by atoms with Crippen LogP contribution < -0.4 is 5.32 Å². The van der Waals surface area contributed by atoms with Crippen LogP contribution in [0.2, 0.25) is 5.02 Å². The molecule has 1 aliphatic heterocycles. The Morgan fingerprint density at radius 2 is 1.95 bits per heavy atom. The molecule has 0 spiro atoms. The van der Waals surface area contributed by atoms with Gasteiger partial charge in [0.1, 0.15) is 12.3 Å². The van der Waals surface area contributed by atoms with E-state index in [0.717, 1.165) is 5.56 Å². The van der Waals surface area contributed by atoms with E-state index in [0.29, 0.717) is 23.9 Å². The van der Waals surface area contributed by atoms with Crippen molar-refractivity contribution in [2.24, 2.45) is 0 Å². The fraction of sp³-hybridized carbons (Fsp3) is 0.200. The third-order valence-corrected chi connectivity index (χ3v) is 3.52. The molecule has 108 valence electrons. The van der Waals surface area contributed by atoms with Gasteiger partial charge >= 0.3 is 0 Å². The lowest BCUT2D eigenvalue weighted by atomic mass is 10.2. The number of halogens is 1. The van der Waals surface area contributed by atoms with E-state index in [9.17, 15) is 9.59 Å². The molecule has 0 bridgehead atoms. The van der Waals surface area contributed by atoms with Gasteiger partial charge in [-0.2, -0.15) is 0 Å². The minimum absolute atomic E-state index is 0.0653. The van der Waals surface area contributed by atoms with E-state index in [4.69, 9.17) is 16.0 Å². The Morgan fingerprint density at radius 1 is 1.19 bits per heavy atom. The van der Waals surface area contributed by atoms with Crippen LogP contribution in [0.4, 0.5) is 0 Å². The van der Waals surface area contributed by atoms with Crippen molar-refractivity contribution in [1.82, 2.24) is 10.2 Å². The zero-order valence-electron chi connectivity index (χ0n) is 11.1. The average Bonchev–Trinajstić information content (AvgIpc) is 2.97. The number of carbonyl (C=O) groups excluding carboxylic acids is 2. The summed E-state index contributed by atoms with van der Waals surface area (Å²) in [5.41, 5.74) is 0.842. The quantitative estimate of drug-likeness (QED) is 0.925. The zero-order valence-corrected chi connectivity index (χ0v) is 11.9. The van der Waals surface area contributed by atoms with Crippen molar-refractivity contribution in [3.63, 3.8) is 0 Å². The summed E-state index contributed by atoms with van der Waals surface area (Å²) >= 11 is 5.84. The van der Waals surface area contributed by atoms with Gasteiger partial charge in [-0.05, 0) is 36.4 Å². The molecule has 1 aromatic heterocycles. The van der Waals surface area contributed by atoms with Crippen LogP contribution in [0.15, 0.2) is 40.8 Å². The zero-order chi connectivity index (χ0) is 14.8. The molecular formula is C15H13ClN2O3. The Hall–Kier alpha value is -2.27. The van der Waals surface area contributed by atoms with E-state index in [1.807, 2.05) is 12.1 Å². The number of rotatable bonds is 2. The lowest BCUT2D eigenvalue weighted by Crippen LogP contribution is -2.49. The van der Waals surface area contributed by atoms with Crippen molar-refractivity contribution < 1.29 is 14.0 Å². The van der Waals surface area contributed by atoms with Gasteiger partial charge in [-0.3, -0.25) is 9.59 Å². The minimum Gasteiger partial charge on any atom is -0.451 e. The molecule has 1 fully saturated rings. The Bertz CT molecular complexity index is 678. The van der Waals surface area contributed by atoms with Gasteiger partial charge in [-0.15, -0.1) is 0 Å². The third-order valence-electron chi connectivity index (χ3n) is 3.27. The van der Waals surface area contributed by atoms with Crippen LogP contribution in [-0.4, -0.2) is 36.3 Å². The summed E-state index contributed by atoms with van der Waals surface area (Å²) in [5, 5.41) is 3.32. The summed E-state index contributed by atoms with van der Waals surface area (Å²) in [7, 11) is 0. The van der Waals surface area contributed by atoms with Crippen molar-refractivity contribution >= 4 is 23.4 Å². The van der Waals surface area contributed by atoms with Crippen LogP contribution in [0.3, 0.4) is 0 Å². The predicted octanol–water partition coefficient (Wildman–Crippen LogP) is 2.17. The molecule has 2 heterocycles. The smallest absolute Gasteiger partial charge is 0.290 e. The van der Waals surface area contributed by atoms with E-state index in [2.05, 4.69) is 5.32 Å². The Morgan fingerprint density at radius 3 is 2.67 bits per heavy atom. The first-order valence-electron chi connectivity index (χ1n) is 6.55. The maximum atomic E-state index is 12.3. The highest BCUT2D eigenvalue weighted by molar-refractivity contribution is 6.30. The van der Waals surface area contributed by atoms with Crippen LogP contribution in [0, 0.1) is 0 Å².